The molecule has 1 aliphatic heterocycles. The van der Waals surface area contributed by atoms with Crippen LogP contribution in [0.5, 0.6) is 0 Å². The van der Waals surface area contributed by atoms with Crippen molar-refractivity contribution in [3.63, 3.8) is 0 Å². The molecule has 3 fully saturated rings. The first-order chi connectivity index (χ1) is 14.0. The van der Waals surface area contributed by atoms with Gasteiger partial charge in [0.25, 0.3) is 0 Å². The first kappa shape index (κ1) is 20.5. The summed E-state index contributed by atoms with van der Waals surface area (Å²) in [5.74, 6) is 2.86. The summed E-state index contributed by atoms with van der Waals surface area (Å²) < 4.78 is 8.32. The van der Waals surface area contributed by atoms with Gasteiger partial charge >= 0.3 is 0 Å². The Morgan fingerprint density at radius 1 is 1.41 bits per heavy atom. The third-order valence-corrected chi connectivity index (χ3v) is 7.13. The molecular formula is C23H34N4O2. The molecule has 1 unspecified atom stereocenters. The van der Waals surface area contributed by atoms with Gasteiger partial charge in [0.1, 0.15) is 0 Å². The number of amides is 1. The Bertz CT molecular complexity index is 755. The Kier molecular flexibility index (Phi) is 6.00. The van der Waals surface area contributed by atoms with Crippen LogP contribution in [0.25, 0.3) is 0 Å². The van der Waals surface area contributed by atoms with Gasteiger partial charge in [-0.05, 0) is 58.3 Å². The Labute approximate surface area is 174 Å². The summed E-state index contributed by atoms with van der Waals surface area (Å²) in [6, 6.07) is 5.13. The van der Waals surface area contributed by atoms with Crippen LogP contribution in [0.4, 0.5) is 0 Å². The maximum atomic E-state index is 12.5. The average Bonchev–Trinajstić information content (AvgIpc) is 3.03. The summed E-state index contributed by atoms with van der Waals surface area (Å²) >= 11 is 0. The maximum Gasteiger partial charge on any atom is 0.222 e. The van der Waals surface area contributed by atoms with Crippen LogP contribution in [0.3, 0.4) is 0 Å². The first-order valence-electron chi connectivity index (χ1n) is 10.9. The first-order valence-corrected chi connectivity index (χ1v) is 10.9. The molecular weight excluding hydrogens is 364 g/mol. The molecule has 158 valence electrons. The molecule has 2 aliphatic carbocycles. The van der Waals surface area contributed by atoms with Gasteiger partial charge in [-0.25, -0.2) is 0 Å². The highest BCUT2D eigenvalue weighted by atomic mass is 16.5. The number of hydrogen-bond acceptors (Lipinski definition) is 4. The zero-order valence-electron chi connectivity index (χ0n) is 17.8. The smallest absolute Gasteiger partial charge is 0.222 e. The number of terminal acetylenes is 1. The van der Waals surface area contributed by atoms with Gasteiger partial charge in [-0.1, -0.05) is 5.92 Å². The van der Waals surface area contributed by atoms with Gasteiger partial charge in [0.05, 0.1) is 25.7 Å². The maximum absolute atomic E-state index is 12.5. The molecule has 2 saturated carbocycles. The number of morpholine rings is 1. The zero-order valence-corrected chi connectivity index (χ0v) is 17.8. The number of nitrogens with zero attached hydrogens (tertiary/aromatic N) is 3. The van der Waals surface area contributed by atoms with E-state index in [1.54, 1.807) is 0 Å². The largest absolute Gasteiger partial charge is 0.374 e. The summed E-state index contributed by atoms with van der Waals surface area (Å²) in [5, 5.41) is 3.19. The monoisotopic (exact) mass is 398 g/mol. The van der Waals surface area contributed by atoms with Crippen molar-refractivity contribution in [1.82, 2.24) is 19.7 Å². The lowest BCUT2D eigenvalue weighted by molar-refractivity contribution is -0.155. The lowest BCUT2D eigenvalue weighted by Gasteiger charge is -2.54. The van der Waals surface area contributed by atoms with Gasteiger partial charge in [0.15, 0.2) is 0 Å². The lowest BCUT2D eigenvalue weighted by Crippen LogP contribution is -2.63. The van der Waals surface area contributed by atoms with Crippen molar-refractivity contribution in [1.29, 1.82) is 0 Å². The number of hydrogen-bond donors (Lipinski definition) is 1. The van der Waals surface area contributed by atoms with Crippen molar-refractivity contribution < 1.29 is 9.53 Å². The van der Waals surface area contributed by atoms with Crippen LogP contribution in [0.1, 0.15) is 44.2 Å². The number of carbonyl (C=O) groups is 1. The summed E-state index contributed by atoms with van der Waals surface area (Å²) in [6.07, 6.45) is 13.7. The average molecular weight is 399 g/mol. The molecule has 0 bridgehead atoms. The normalized spacial score (nSPS) is 28.6. The van der Waals surface area contributed by atoms with Crippen molar-refractivity contribution >= 4 is 5.91 Å². The van der Waals surface area contributed by atoms with Gasteiger partial charge in [0.2, 0.25) is 5.91 Å². The molecule has 6 nitrogen and oxygen atoms in total. The number of ether oxygens (including phenoxy) is 1. The Hall–Kier alpha value is -1.81. The second-order valence-corrected chi connectivity index (χ2v) is 9.28. The fourth-order valence-corrected chi connectivity index (χ4v) is 4.92. The van der Waals surface area contributed by atoms with E-state index in [1.807, 2.05) is 6.20 Å². The third kappa shape index (κ3) is 4.37. The standard InChI is InChI=1S/C23H34N4O2/c1-4-10-26-11-5-7-19(26)15-27-16-21(29-17-23(27)8-6-9-23)14-22(28)24-18-12-20(13-18)25(2)3/h1,5,7,11,18,20-21H,6,8-10,12-17H2,2-3H3,(H,24,28). The third-order valence-electron chi connectivity index (χ3n) is 7.13. The topological polar surface area (TPSA) is 49.7 Å². The molecule has 1 amide bonds. The van der Waals surface area contributed by atoms with Gasteiger partial charge < -0.3 is 19.5 Å². The van der Waals surface area contributed by atoms with E-state index in [9.17, 15) is 4.79 Å². The highest BCUT2D eigenvalue weighted by Crippen LogP contribution is 2.42. The van der Waals surface area contributed by atoms with Crippen molar-refractivity contribution in [3.05, 3.63) is 24.0 Å². The van der Waals surface area contributed by atoms with E-state index in [-0.39, 0.29) is 17.6 Å². The summed E-state index contributed by atoms with van der Waals surface area (Å²) in [7, 11) is 4.20. The Balaban J connectivity index is 1.33. The van der Waals surface area contributed by atoms with E-state index >= 15 is 0 Å². The molecule has 1 aromatic rings. The predicted molar refractivity (Wildman–Crippen MR) is 113 cm³/mol. The highest BCUT2D eigenvalue weighted by Gasteiger charge is 2.47. The van der Waals surface area contributed by atoms with E-state index < -0.39 is 0 Å². The van der Waals surface area contributed by atoms with Gasteiger partial charge in [-0.15, -0.1) is 6.42 Å². The molecule has 29 heavy (non-hydrogen) atoms. The van der Waals surface area contributed by atoms with Crippen LogP contribution < -0.4 is 5.32 Å². The molecule has 4 rings (SSSR count). The van der Waals surface area contributed by atoms with Crippen molar-refractivity contribution in [2.24, 2.45) is 0 Å². The van der Waals surface area contributed by atoms with Crippen LogP contribution >= 0.6 is 0 Å². The molecule has 1 atom stereocenters. The van der Waals surface area contributed by atoms with E-state index in [4.69, 9.17) is 11.2 Å². The molecule has 0 radical (unpaired) electrons. The van der Waals surface area contributed by atoms with E-state index in [1.165, 1.54) is 25.0 Å². The van der Waals surface area contributed by atoms with Gasteiger partial charge in [-0.3, -0.25) is 9.69 Å². The van der Waals surface area contributed by atoms with Crippen molar-refractivity contribution in [3.8, 4) is 12.3 Å². The molecule has 2 heterocycles. The fourth-order valence-electron chi connectivity index (χ4n) is 4.92. The van der Waals surface area contributed by atoms with Gasteiger partial charge in [0, 0.05) is 42.6 Å². The number of nitrogens with one attached hydrogen (secondary N) is 1. The van der Waals surface area contributed by atoms with Crippen LogP contribution in [-0.2, 0) is 22.6 Å². The van der Waals surface area contributed by atoms with E-state index in [2.05, 4.69) is 51.8 Å². The molecule has 0 aromatic carbocycles. The second kappa shape index (κ2) is 8.51. The van der Waals surface area contributed by atoms with Crippen molar-refractivity contribution in [2.75, 3.05) is 27.2 Å². The molecule has 1 N–H and O–H groups in total. The predicted octanol–water partition coefficient (Wildman–Crippen LogP) is 1.84. The van der Waals surface area contributed by atoms with Crippen LogP contribution in [0, 0.1) is 12.3 Å². The molecule has 1 aromatic heterocycles. The summed E-state index contributed by atoms with van der Waals surface area (Å²) in [6.45, 7) is 3.00. The Morgan fingerprint density at radius 3 is 2.86 bits per heavy atom. The number of rotatable bonds is 7. The van der Waals surface area contributed by atoms with Crippen LogP contribution in [-0.4, -0.2) is 71.2 Å². The van der Waals surface area contributed by atoms with E-state index in [0.29, 0.717) is 25.0 Å². The summed E-state index contributed by atoms with van der Waals surface area (Å²) in [4.78, 5) is 17.3. The molecule has 1 saturated heterocycles. The van der Waals surface area contributed by atoms with Crippen LogP contribution in [0.15, 0.2) is 18.3 Å². The minimum absolute atomic E-state index is 0.0398. The Morgan fingerprint density at radius 2 is 2.21 bits per heavy atom. The summed E-state index contributed by atoms with van der Waals surface area (Å²) in [5.41, 5.74) is 1.38. The SMILES string of the molecule is C#CCn1cccc1CN1CC(CC(=O)NC2CC(N(C)C)C2)OCC12CCC2. The minimum Gasteiger partial charge on any atom is -0.374 e. The van der Waals surface area contributed by atoms with E-state index in [0.717, 1.165) is 32.5 Å². The number of carbonyl (C=O) groups excluding carboxylic acids is 1. The number of aromatic nitrogens is 1. The minimum atomic E-state index is -0.0398. The molecule has 6 heteroatoms. The fraction of sp³-hybridized carbons (Fsp3) is 0.696. The van der Waals surface area contributed by atoms with Gasteiger partial charge in [-0.2, -0.15) is 0 Å². The quantitative estimate of drug-likeness (QED) is 0.712. The zero-order chi connectivity index (χ0) is 20.4. The highest BCUT2D eigenvalue weighted by molar-refractivity contribution is 5.77. The van der Waals surface area contributed by atoms with Crippen LogP contribution in [0.2, 0.25) is 0 Å². The van der Waals surface area contributed by atoms with Crippen molar-refractivity contribution in [2.45, 2.75) is 75.3 Å². The molecule has 3 aliphatic rings. The lowest BCUT2D eigenvalue weighted by atomic mass is 9.74. The molecule has 1 spiro atoms. The second-order valence-electron chi connectivity index (χ2n) is 9.28.